The molecule has 0 radical (unpaired) electrons. The Bertz CT molecular complexity index is 536. The third kappa shape index (κ3) is 3.49. The number of carbonyl (C=O) groups excluding carboxylic acids is 1. The number of phenols is 1. The first kappa shape index (κ1) is 15.7. The molecule has 1 aromatic carbocycles. The molecule has 1 heterocycles. The minimum Gasteiger partial charge on any atom is -0.505 e. The van der Waals surface area contributed by atoms with Crippen LogP contribution in [0.15, 0.2) is 18.2 Å². The Morgan fingerprint density at radius 2 is 2.00 bits per heavy atom. The van der Waals surface area contributed by atoms with Crippen molar-refractivity contribution in [3.05, 3.63) is 29.6 Å². The van der Waals surface area contributed by atoms with Crippen molar-refractivity contribution in [2.75, 3.05) is 19.8 Å². The fourth-order valence-electron chi connectivity index (χ4n) is 1.88. The van der Waals surface area contributed by atoms with Crippen LogP contribution >= 0.6 is 0 Å². The average molecular weight is 299 g/mol. The minimum atomic E-state index is -1.07. The number of benzene rings is 1. The van der Waals surface area contributed by atoms with E-state index in [1.54, 1.807) is 13.8 Å². The van der Waals surface area contributed by atoms with Gasteiger partial charge >= 0.3 is 0 Å². The lowest BCUT2D eigenvalue weighted by Gasteiger charge is -2.42. The van der Waals surface area contributed by atoms with E-state index in [-0.39, 0.29) is 25.4 Å². The number of ether oxygens (including phenoxy) is 2. The smallest absolute Gasteiger partial charge is 0.252 e. The largest absolute Gasteiger partial charge is 0.505 e. The van der Waals surface area contributed by atoms with Crippen LogP contribution in [-0.2, 0) is 9.47 Å². The lowest BCUT2D eigenvalue weighted by Crippen LogP contribution is -2.63. The maximum Gasteiger partial charge on any atom is 0.252 e. The van der Waals surface area contributed by atoms with Crippen LogP contribution < -0.4 is 5.32 Å². The third-order valence-corrected chi connectivity index (χ3v) is 3.28. The summed E-state index contributed by atoms with van der Waals surface area (Å²) in [5.74, 6) is -2.77. The first-order valence-corrected chi connectivity index (χ1v) is 6.47. The summed E-state index contributed by atoms with van der Waals surface area (Å²) in [5.41, 5.74) is -0.997. The highest BCUT2D eigenvalue weighted by atomic mass is 19.1. The van der Waals surface area contributed by atoms with Crippen LogP contribution in [0.3, 0.4) is 0 Å². The maximum absolute atomic E-state index is 13.0. The summed E-state index contributed by atoms with van der Waals surface area (Å²) in [6.45, 7) is 3.25. The first-order valence-electron chi connectivity index (χ1n) is 6.47. The fourth-order valence-corrected chi connectivity index (χ4v) is 1.88. The molecule has 0 atom stereocenters. The third-order valence-electron chi connectivity index (χ3n) is 3.28. The molecule has 0 unspecified atom stereocenters. The van der Waals surface area contributed by atoms with E-state index in [9.17, 15) is 19.4 Å². The van der Waals surface area contributed by atoms with Crippen molar-refractivity contribution in [2.45, 2.75) is 25.2 Å². The summed E-state index contributed by atoms with van der Waals surface area (Å²) in [7, 11) is 0. The number of phenolic OH excluding ortho intramolecular Hbond substituents is 1. The van der Waals surface area contributed by atoms with E-state index in [2.05, 4.69) is 5.32 Å². The molecule has 1 amide bonds. The van der Waals surface area contributed by atoms with Crippen LogP contribution in [0, 0.1) is 5.82 Å². The lowest BCUT2D eigenvalue weighted by molar-refractivity contribution is -0.273. The molecule has 0 aliphatic carbocycles. The standard InChI is InChI=1S/C14H18FNO5/c1-13(2)20-7-14(6-17,8-21-13)16-12(19)9-3-4-10(15)11(18)5-9/h3-5,17-18H,6-8H2,1-2H3,(H,16,19). The van der Waals surface area contributed by atoms with Crippen molar-refractivity contribution < 1.29 is 28.9 Å². The number of hydrogen-bond acceptors (Lipinski definition) is 5. The van der Waals surface area contributed by atoms with Crippen LogP contribution in [-0.4, -0.2) is 47.3 Å². The molecule has 0 spiro atoms. The molecule has 1 aliphatic heterocycles. The number of hydrogen-bond donors (Lipinski definition) is 3. The van der Waals surface area contributed by atoms with Gasteiger partial charge in [-0.05, 0) is 32.0 Å². The Hall–Kier alpha value is -1.70. The molecule has 0 saturated carbocycles. The molecule has 0 aromatic heterocycles. The summed E-state index contributed by atoms with van der Waals surface area (Å²) in [5, 5.41) is 21.4. The highest BCUT2D eigenvalue weighted by Gasteiger charge is 2.41. The molecule has 0 bridgehead atoms. The van der Waals surface area contributed by atoms with E-state index in [0.717, 1.165) is 12.1 Å². The van der Waals surface area contributed by atoms with Gasteiger partial charge in [0.15, 0.2) is 17.4 Å². The van der Waals surface area contributed by atoms with Gasteiger partial charge < -0.3 is 25.0 Å². The van der Waals surface area contributed by atoms with Crippen molar-refractivity contribution in [3.63, 3.8) is 0 Å². The number of aromatic hydroxyl groups is 1. The van der Waals surface area contributed by atoms with Crippen molar-refractivity contribution in [2.24, 2.45) is 0 Å². The molecule has 6 nitrogen and oxygen atoms in total. The molecule has 21 heavy (non-hydrogen) atoms. The molecule has 116 valence electrons. The highest BCUT2D eigenvalue weighted by Crippen LogP contribution is 2.24. The Labute approximate surface area is 121 Å². The number of rotatable bonds is 3. The number of halogens is 1. The summed E-state index contributed by atoms with van der Waals surface area (Å²) < 4.78 is 23.9. The average Bonchev–Trinajstić information content (AvgIpc) is 2.44. The predicted molar refractivity (Wildman–Crippen MR) is 71.3 cm³/mol. The Kier molecular flexibility index (Phi) is 4.18. The summed E-state index contributed by atoms with van der Waals surface area (Å²) in [6, 6.07) is 3.25. The van der Waals surface area contributed by atoms with Gasteiger partial charge in [-0.3, -0.25) is 4.79 Å². The van der Waals surface area contributed by atoms with Gasteiger partial charge in [0.25, 0.3) is 5.91 Å². The van der Waals surface area contributed by atoms with Gasteiger partial charge in [0, 0.05) is 5.56 Å². The van der Waals surface area contributed by atoms with E-state index in [1.807, 2.05) is 0 Å². The minimum absolute atomic E-state index is 0.0755. The van der Waals surface area contributed by atoms with Gasteiger partial charge in [-0.2, -0.15) is 0 Å². The SMILES string of the molecule is CC1(C)OCC(CO)(NC(=O)c2ccc(F)c(O)c2)CO1. The van der Waals surface area contributed by atoms with Gasteiger partial charge in [0.1, 0.15) is 5.54 Å². The quantitative estimate of drug-likeness (QED) is 0.767. The summed E-state index contributed by atoms with van der Waals surface area (Å²) in [4.78, 5) is 12.1. The monoisotopic (exact) mass is 299 g/mol. The molecular formula is C14H18FNO5. The van der Waals surface area contributed by atoms with Crippen LogP contribution in [0.4, 0.5) is 4.39 Å². The summed E-state index contributed by atoms with van der Waals surface area (Å²) in [6.07, 6.45) is 0. The molecule has 7 heteroatoms. The number of aliphatic hydroxyl groups excluding tert-OH is 1. The van der Waals surface area contributed by atoms with Crippen LogP contribution in [0.25, 0.3) is 0 Å². The van der Waals surface area contributed by atoms with Crippen molar-refractivity contribution in [1.82, 2.24) is 5.32 Å². The van der Waals surface area contributed by atoms with Gasteiger partial charge in [-0.15, -0.1) is 0 Å². The van der Waals surface area contributed by atoms with Crippen LogP contribution in [0.5, 0.6) is 5.75 Å². The van der Waals surface area contributed by atoms with Crippen LogP contribution in [0.1, 0.15) is 24.2 Å². The second kappa shape index (κ2) is 5.59. The van der Waals surface area contributed by atoms with Crippen molar-refractivity contribution in [1.29, 1.82) is 0 Å². The number of nitrogens with one attached hydrogen (secondary N) is 1. The van der Waals surface area contributed by atoms with Gasteiger partial charge in [-0.1, -0.05) is 0 Å². The first-order chi connectivity index (χ1) is 9.77. The van der Waals surface area contributed by atoms with Crippen LogP contribution in [0.2, 0.25) is 0 Å². The van der Waals surface area contributed by atoms with E-state index in [1.165, 1.54) is 6.07 Å². The van der Waals surface area contributed by atoms with Gasteiger partial charge in [0.05, 0.1) is 19.8 Å². The van der Waals surface area contributed by atoms with Crippen molar-refractivity contribution >= 4 is 5.91 Å². The topological polar surface area (TPSA) is 88.0 Å². The molecule has 1 fully saturated rings. The Morgan fingerprint density at radius 1 is 1.38 bits per heavy atom. The van der Waals surface area contributed by atoms with E-state index >= 15 is 0 Å². The highest BCUT2D eigenvalue weighted by molar-refractivity contribution is 5.95. The maximum atomic E-state index is 13.0. The zero-order chi connectivity index (χ0) is 15.7. The molecule has 3 N–H and O–H groups in total. The second-order valence-corrected chi connectivity index (χ2v) is 5.54. The predicted octanol–water partition coefficient (Wildman–Crippen LogP) is 0.775. The molecular weight excluding hydrogens is 281 g/mol. The zero-order valence-corrected chi connectivity index (χ0v) is 11.9. The number of carbonyl (C=O) groups is 1. The molecule has 1 aliphatic rings. The van der Waals surface area contributed by atoms with Gasteiger partial charge in [-0.25, -0.2) is 4.39 Å². The van der Waals surface area contributed by atoms with E-state index in [0.29, 0.717) is 0 Å². The van der Waals surface area contributed by atoms with Crippen molar-refractivity contribution in [3.8, 4) is 5.75 Å². The summed E-state index contributed by atoms with van der Waals surface area (Å²) >= 11 is 0. The Morgan fingerprint density at radius 3 is 2.52 bits per heavy atom. The number of amides is 1. The number of aliphatic hydroxyl groups is 1. The molecule has 1 saturated heterocycles. The molecule has 2 rings (SSSR count). The second-order valence-electron chi connectivity index (χ2n) is 5.54. The normalized spacial score (nSPS) is 20.0. The van der Waals surface area contributed by atoms with Gasteiger partial charge in [0.2, 0.25) is 0 Å². The fraction of sp³-hybridized carbons (Fsp3) is 0.500. The molecule has 1 aromatic rings. The zero-order valence-electron chi connectivity index (χ0n) is 11.9. The lowest BCUT2D eigenvalue weighted by atomic mass is 10.0. The van der Waals surface area contributed by atoms with E-state index < -0.39 is 28.8 Å². The van der Waals surface area contributed by atoms with E-state index in [4.69, 9.17) is 9.47 Å². The Balaban J connectivity index is 2.11.